The molecule has 2 aromatic rings. The van der Waals surface area contributed by atoms with Crippen LogP contribution in [0.25, 0.3) is 11.0 Å². The number of carbonyl (C=O) groups is 1. The van der Waals surface area contributed by atoms with Gasteiger partial charge in [0.05, 0.1) is 6.26 Å². The molecule has 18 heavy (non-hydrogen) atoms. The Morgan fingerprint density at radius 3 is 3.00 bits per heavy atom. The number of rotatable bonds is 5. The Kier molecular flexibility index (Phi) is 3.99. The highest BCUT2D eigenvalue weighted by Crippen LogP contribution is 2.20. The molecule has 0 aliphatic heterocycles. The van der Waals surface area contributed by atoms with Gasteiger partial charge in [-0.3, -0.25) is 4.79 Å². The largest absolute Gasteiger partial charge is 0.464 e. The first-order chi connectivity index (χ1) is 8.72. The zero-order valence-electron chi connectivity index (χ0n) is 10.5. The predicted octanol–water partition coefficient (Wildman–Crippen LogP) is 2.03. The summed E-state index contributed by atoms with van der Waals surface area (Å²) in [6.45, 7) is 2.91. The fourth-order valence-corrected chi connectivity index (χ4v) is 1.91. The lowest BCUT2D eigenvalue weighted by Crippen LogP contribution is -2.29. The number of nitrogens with two attached hydrogens (primary N) is 1. The number of para-hydroxylation sites is 1. The van der Waals surface area contributed by atoms with E-state index in [9.17, 15) is 4.79 Å². The Morgan fingerprint density at radius 2 is 2.22 bits per heavy atom. The summed E-state index contributed by atoms with van der Waals surface area (Å²) in [5.74, 6) is -0.0149. The van der Waals surface area contributed by atoms with Crippen LogP contribution in [0.2, 0.25) is 0 Å². The quantitative estimate of drug-likeness (QED) is 0.848. The van der Waals surface area contributed by atoms with Gasteiger partial charge < -0.3 is 15.5 Å². The van der Waals surface area contributed by atoms with Crippen LogP contribution in [-0.4, -0.2) is 12.5 Å². The van der Waals surface area contributed by atoms with Crippen LogP contribution >= 0.6 is 0 Å². The molecule has 1 aromatic carbocycles. The lowest BCUT2D eigenvalue weighted by atomic mass is 10.1. The number of carbonyl (C=O) groups excluding carboxylic acids is 1. The molecule has 0 bridgehead atoms. The molecule has 0 fully saturated rings. The summed E-state index contributed by atoms with van der Waals surface area (Å²) in [5.41, 5.74) is 7.28. The second-order valence-electron chi connectivity index (χ2n) is 4.45. The number of hydrogen-bond acceptors (Lipinski definition) is 3. The third kappa shape index (κ3) is 2.71. The molecule has 3 N–H and O–H groups in total. The van der Waals surface area contributed by atoms with Crippen molar-refractivity contribution < 1.29 is 9.21 Å². The molecule has 0 spiro atoms. The average molecular weight is 246 g/mol. The lowest BCUT2D eigenvalue weighted by Gasteiger charge is -2.10. The topological polar surface area (TPSA) is 68.3 Å². The summed E-state index contributed by atoms with van der Waals surface area (Å²) in [5, 5.41) is 3.95. The van der Waals surface area contributed by atoms with Crippen molar-refractivity contribution in [2.24, 2.45) is 11.7 Å². The maximum Gasteiger partial charge on any atom is 0.223 e. The maximum absolute atomic E-state index is 11.8. The molecule has 1 atom stereocenters. The first kappa shape index (κ1) is 12.6. The number of hydrogen-bond donors (Lipinski definition) is 2. The highest BCUT2D eigenvalue weighted by molar-refractivity contribution is 5.82. The van der Waals surface area contributed by atoms with E-state index in [0.29, 0.717) is 19.5 Å². The van der Waals surface area contributed by atoms with Crippen molar-refractivity contribution in [3.8, 4) is 0 Å². The van der Waals surface area contributed by atoms with Gasteiger partial charge in [-0.1, -0.05) is 25.1 Å². The molecule has 96 valence electrons. The van der Waals surface area contributed by atoms with Crippen LogP contribution in [0.4, 0.5) is 0 Å². The van der Waals surface area contributed by atoms with Gasteiger partial charge in [-0.25, -0.2) is 0 Å². The summed E-state index contributed by atoms with van der Waals surface area (Å²) < 4.78 is 5.42. The summed E-state index contributed by atoms with van der Waals surface area (Å²) in [6.07, 6.45) is 2.40. The van der Waals surface area contributed by atoms with Crippen molar-refractivity contribution in [3.05, 3.63) is 36.1 Å². The zero-order chi connectivity index (χ0) is 13.0. The third-order valence-corrected chi connectivity index (χ3v) is 3.06. The summed E-state index contributed by atoms with van der Waals surface area (Å²) in [6, 6.07) is 7.79. The van der Waals surface area contributed by atoms with Crippen molar-refractivity contribution in [2.75, 3.05) is 6.54 Å². The molecule has 0 aliphatic carbocycles. The van der Waals surface area contributed by atoms with Gasteiger partial charge in [0.1, 0.15) is 5.58 Å². The highest BCUT2D eigenvalue weighted by Gasteiger charge is 2.12. The first-order valence-electron chi connectivity index (χ1n) is 6.15. The van der Waals surface area contributed by atoms with Crippen LogP contribution in [0, 0.1) is 5.92 Å². The van der Waals surface area contributed by atoms with E-state index in [1.54, 1.807) is 6.26 Å². The average Bonchev–Trinajstić information content (AvgIpc) is 2.79. The minimum Gasteiger partial charge on any atom is -0.464 e. The van der Waals surface area contributed by atoms with Gasteiger partial charge in [0.15, 0.2) is 0 Å². The van der Waals surface area contributed by atoms with Crippen molar-refractivity contribution in [3.63, 3.8) is 0 Å². The molecule has 1 amide bonds. The maximum atomic E-state index is 11.8. The summed E-state index contributed by atoms with van der Waals surface area (Å²) >= 11 is 0. The standard InChI is InChI=1S/C14H18N2O2/c1-10(6-7-15)14(17)16-8-11-9-18-13-5-3-2-4-12(11)13/h2-5,9-10H,6-8,15H2,1H3,(H,16,17). The van der Waals surface area contributed by atoms with Crippen LogP contribution in [0.3, 0.4) is 0 Å². The molecule has 0 saturated heterocycles. The predicted molar refractivity (Wildman–Crippen MR) is 70.9 cm³/mol. The smallest absolute Gasteiger partial charge is 0.223 e. The monoisotopic (exact) mass is 246 g/mol. The highest BCUT2D eigenvalue weighted by atomic mass is 16.3. The van der Waals surface area contributed by atoms with E-state index in [1.807, 2.05) is 31.2 Å². The Bertz CT molecular complexity index is 533. The van der Waals surface area contributed by atoms with E-state index in [4.69, 9.17) is 10.2 Å². The van der Waals surface area contributed by atoms with E-state index in [2.05, 4.69) is 5.32 Å². The molecular weight excluding hydrogens is 228 g/mol. The molecule has 2 rings (SSSR count). The van der Waals surface area contributed by atoms with Gasteiger partial charge in [-0.15, -0.1) is 0 Å². The fraction of sp³-hybridized carbons (Fsp3) is 0.357. The van der Waals surface area contributed by atoms with Gasteiger partial charge >= 0.3 is 0 Å². The molecule has 1 unspecified atom stereocenters. The fourth-order valence-electron chi connectivity index (χ4n) is 1.91. The minimum atomic E-state index is -0.0480. The number of amides is 1. The molecule has 4 nitrogen and oxygen atoms in total. The van der Waals surface area contributed by atoms with Crippen molar-refractivity contribution >= 4 is 16.9 Å². The number of fused-ring (bicyclic) bond motifs is 1. The molecule has 4 heteroatoms. The Balaban J connectivity index is 2.00. The molecule has 0 radical (unpaired) electrons. The SMILES string of the molecule is CC(CCN)C(=O)NCc1coc2ccccc12. The van der Waals surface area contributed by atoms with E-state index < -0.39 is 0 Å². The number of benzene rings is 1. The normalized spacial score (nSPS) is 12.6. The number of furan rings is 1. The van der Waals surface area contributed by atoms with Crippen molar-refractivity contribution in [1.29, 1.82) is 0 Å². The van der Waals surface area contributed by atoms with Crippen molar-refractivity contribution in [1.82, 2.24) is 5.32 Å². The molecule has 0 saturated carbocycles. The third-order valence-electron chi connectivity index (χ3n) is 3.06. The molecule has 1 aromatic heterocycles. The summed E-state index contributed by atoms with van der Waals surface area (Å²) in [4.78, 5) is 11.8. The molecule has 0 aliphatic rings. The molecular formula is C14H18N2O2. The van der Waals surface area contributed by atoms with Crippen LogP contribution in [0.1, 0.15) is 18.9 Å². The van der Waals surface area contributed by atoms with E-state index in [-0.39, 0.29) is 11.8 Å². The van der Waals surface area contributed by atoms with Gasteiger partial charge in [0.25, 0.3) is 0 Å². The molecule has 1 heterocycles. The van der Waals surface area contributed by atoms with Gasteiger partial charge in [-0.05, 0) is 19.0 Å². The van der Waals surface area contributed by atoms with Crippen LogP contribution in [0.15, 0.2) is 34.9 Å². The second kappa shape index (κ2) is 5.69. The van der Waals surface area contributed by atoms with Crippen LogP contribution < -0.4 is 11.1 Å². The first-order valence-corrected chi connectivity index (χ1v) is 6.15. The van der Waals surface area contributed by atoms with Gasteiger partial charge in [-0.2, -0.15) is 0 Å². The Labute approximate surface area is 106 Å². The lowest BCUT2D eigenvalue weighted by molar-refractivity contribution is -0.124. The summed E-state index contributed by atoms with van der Waals surface area (Å²) in [7, 11) is 0. The van der Waals surface area contributed by atoms with Gasteiger partial charge in [0, 0.05) is 23.4 Å². The Morgan fingerprint density at radius 1 is 1.44 bits per heavy atom. The van der Waals surface area contributed by atoms with E-state index in [0.717, 1.165) is 16.5 Å². The van der Waals surface area contributed by atoms with Crippen LogP contribution in [-0.2, 0) is 11.3 Å². The minimum absolute atomic E-state index is 0.0331. The van der Waals surface area contributed by atoms with E-state index in [1.165, 1.54) is 0 Å². The Hall–Kier alpha value is -1.81. The second-order valence-corrected chi connectivity index (χ2v) is 4.45. The van der Waals surface area contributed by atoms with Gasteiger partial charge in [0.2, 0.25) is 5.91 Å². The number of nitrogens with one attached hydrogen (secondary N) is 1. The van der Waals surface area contributed by atoms with E-state index >= 15 is 0 Å². The van der Waals surface area contributed by atoms with Crippen LogP contribution in [0.5, 0.6) is 0 Å². The van der Waals surface area contributed by atoms with Crippen molar-refractivity contribution in [2.45, 2.75) is 19.9 Å². The zero-order valence-corrected chi connectivity index (χ0v) is 10.5.